The van der Waals surface area contributed by atoms with Gasteiger partial charge in [-0.2, -0.15) is 0 Å². The highest BCUT2D eigenvalue weighted by Gasteiger charge is 2.22. The van der Waals surface area contributed by atoms with Crippen molar-refractivity contribution in [2.45, 2.75) is 38.0 Å². The molecule has 0 atom stereocenters. The molecule has 0 spiro atoms. The summed E-state index contributed by atoms with van der Waals surface area (Å²) in [5.41, 5.74) is 6.02. The van der Waals surface area contributed by atoms with Gasteiger partial charge in [-0.25, -0.2) is 0 Å². The summed E-state index contributed by atoms with van der Waals surface area (Å²) in [7, 11) is 2.15. The minimum Gasteiger partial charge on any atom is -0.454 e. The van der Waals surface area contributed by atoms with E-state index in [9.17, 15) is 0 Å². The molecule has 2 heteroatoms. The predicted molar refractivity (Wildman–Crippen MR) is 114 cm³/mol. The Bertz CT molecular complexity index is 1310. The highest BCUT2D eigenvalue weighted by Crippen LogP contribution is 2.43. The molecule has 0 N–H and O–H groups in total. The third-order valence-corrected chi connectivity index (χ3v) is 6.61. The molecule has 3 aromatic carbocycles. The minimum absolute atomic E-state index is 0.673. The largest absolute Gasteiger partial charge is 0.454 e. The molecule has 1 aliphatic rings. The molecule has 1 aliphatic carbocycles. The topological polar surface area (TPSA) is 18.1 Å². The average molecular weight is 353 g/mol. The van der Waals surface area contributed by atoms with Gasteiger partial charge in [-0.3, -0.25) is 0 Å². The summed E-state index contributed by atoms with van der Waals surface area (Å²) in [5.74, 6) is 0.673. The molecule has 1 fully saturated rings. The molecule has 1 saturated carbocycles. The van der Waals surface area contributed by atoms with Crippen molar-refractivity contribution in [2.24, 2.45) is 7.05 Å². The number of para-hydroxylation sites is 1. The van der Waals surface area contributed by atoms with E-state index < -0.39 is 0 Å². The number of benzene rings is 3. The van der Waals surface area contributed by atoms with E-state index in [0.29, 0.717) is 5.92 Å². The van der Waals surface area contributed by atoms with Gasteiger partial charge in [0, 0.05) is 34.1 Å². The fourth-order valence-corrected chi connectivity index (χ4v) is 5.32. The molecule has 0 amide bonds. The second-order valence-corrected chi connectivity index (χ2v) is 8.07. The lowest BCUT2D eigenvalue weighted by Gasteiger charge is -2.22. The maximum absolute atomic E-state index is 6.49. The number of aryl methyl sites for hydroxylation is 1. The summed E-state index contributed by atoms with van der Waals surface area (Å²) in [6.07, 6.45) is 6.70. The first-order valence-electron chi connectivity index (χ1n) is 10.1. The van der Waals surface area contributed by atoms with E-state index in [1.165, 1.54) is 70.2 Å². The zero-order chi connectivity index (χ0) is 18.0. The fourth-order valence-electron chi connectivity index (χ4n) is 5.32. The molecular formula is C25H23NO. The van der Waals surface area contributed by atoms with Crippen molar-refractivity contribution in [2.75, 3.05) is 0 Å². The zero-order valence-electron chi connectivity index (χ0n) is 15.7. The molecule has 2 aromatic heterocycles. The molecule has 0 aliphatic heterocycles. The first-order chi connectivity index (χ1) is 13.3. The van der Waals surface area contributed by atoms with Gasteiger partial charge < -0.3 is 8.98 Å². The van der Waals surface area contributed by atoms with Crippen LogP contribution in [0, 0.1) is 0 Å². The monoisotopic (exact) mass is 353 g/mol. The van der Waals surface area contributed by atoms with E-state index in [2.05, 4.69) is 66.2 Å². The normalized spacial score (nSPS) is 16.2. The van der Waals surface area contributed by atoms with Gasteiger partial charge in [0.15, 0.2) is 5.58 Å². The Morgan fingerprint density at radius 3 is 2.52 bits per heavy atom. The molecule has 2 nitrogen and oxygen atoms in total. The number of rotatable bonds is 1. The third-order valence-electron chi connectivity index (χ3n) is 6.61. The lowest BCUT2D eigenvalue weighted by Crippen LogP contribution is -2.04. The van der Waals surface area contributed by atoms with E-state index >= 15 is 0 Å². The SMILES string of the molecule is Cn1c2ccccc2c2ccc3c(oc4cccc(C5CCCCC5)c43)c21. The first-order valence-corrected chi connectivity index (χ1v) is 10.1. The Morgan fingerprint density at radius 1 is 0.815 bits per heavy atom. The van der Waals surface area contributed by atoms with Crippen LogP contribution in [0.4, 0.5) is 0 Å². The van der Waals surface area contributed by atoms with Gasteiger partial charge in [-0.1, -0.05) is 55.7 Å². The van der Waals surface area contributed by atoms with Crippen LogP contribution >= 0.6 is 0 Å². The smallest absolute Gasteiger partial charge is 0.159 e. The standard InChI is InChI=1S/C25H23NO/c1-26-21-12-6-5-10-18(21)19-14-15-20-23-17(16-8-3-2-4-9-16)11-7-13-22(23)27-25(20)24(19)26/h5-7,10-16H,2-4,8-9H2,1H3. The lowest BCUT2D eigenvalue weighted by atomic mass is 9.82. The molecule has 134 valence electrons. The van der Waals surface area contributed by atoms with Gasteiger partial charge in [-0.15, -0.1) is 0 Å². The second kappa shape index (κ2) is 5.63. The van der Waals surface area contributed by atoms with Crippen molar-refractivity contribution in [3.63, 3.8) is 0 Å². The summed E-state index contributed by atoms with van der Waals surface area (Å²) in [6, 6.07) is 19.8. The summed E-state index contributed by atoms with van der Waals surface area (Å²) in [5, 5.41) is 5.18. The van der Waals surface area contributed by atoms with Crippen molar-refractivity contribution in [3.05, 3.63) is 60.2 Å². The van der Waals surface area contributed by atoms with Crippen LogP contribution in [0.15, 0.2) is 59.0 Å². The molecule has 0 unspecified atom stereocenters. The number of hydrogen-bond donors (Lipinski definition) is 0. The Kier molecular flexibility index (Phi) is 3.19. The maximum Gasteiger partial charge on any atom is 0.159 e. The van der Waals surface area contributed by atoms with Crippen LogP contribution in [0.3, 0.4) is 0 Å². The minimum atomic E-state index is 0.673. The van der Waals surface area contributed by atoms with Crippen LogP contribution in [0.1, 0.15) is 43.6 Å². The number of hydrogen-bond acceptors (Lipinski definition) is 1. The van der Waals surface area contributed by atoms with E-state index in [-0.39, 0.29) is 0 Å². The Morgan fingerprint density at radius 2 is 1.63 bits per heavy atom. The number of furan rings is 1. The zero-order valence-corrected chi connectivity index (χ0v) is 15.7. The van der Waals surface area contributed by atoms with Crippen molar-refractivity contribution in [3.8, 4) is 0 Å². The molecule has 2 heterocycles. The number of nitrogens with zero attached hydrogens (tertiary/aromatic N) is 1. The molecule has 27 heavy (non-hydrogen) atoms. The first kappa shape index (κ1) is 15.3. The third kappa shape index (κ3) is 2.07. The summed E-state index contributed by atoms with van der Waals surface area (Å²) < 4.78 is 8.77. The van der Waals surface area contributed by atoms with Crippen molar-refractivity contribution in [1.82, 2.24) is 4.57 Å². The van der Waals surface area contributed by atoms with Crippen molar-refractivity contribution >= 4 is 43.7 Å². The number of fused-ring (bicyclic) bond motifs is 7. The summed E-state index contributed by atoms with van der Waals surface area (Å²) in [4.78, 5) is 0. The Labute approximate surface area is 158 Å². The van der Waals surface area contributed by atoms with Crippen LogP contribution in [0.5, 0.6) is 0 Å². The number of aromatic nitrogens is 1. The van der Waals surface area contributed by atoms with E-state index in [0.717, 1.165) is 11.2 Å². The van der Waals surface area contributed by atoms with Crippen LogP contribution in [0.25, 0.3) is 43.7 Å². The van der Waals surface area contributed by atoms with Crippen molar-refractivity contribution in [1.29, 1.82) is 0 Å². The van der Waals surface area contributed by atoms with Gasteiger partial charge in [0.2, 0.25) is 0 Å². The van der Waals surface area contributed by atoms with E-state index in [1.54, 1.807) is 0 Å². The molecule has 5 aromatic rings. The van der Waals surface area contributed by atoms with E-state index in [1.807, 2.05) is 0 Å². The van der Waals surface area contributed by atoms with Gasteiger partial charge in [-0.05, 0) is 42.5 Å². The highest BCUT2D eigenvalue weighted by atomic mass is 16.3. The lowest BCUT2D eigenvalue weighted by molar-refractivity contribution is 0.445. The summed E-state index contributed by atoms with van der Waals surface area (Å²) in [6.45, 7) is 0. The maximum atomic E-state index is 6.49. The Balaban J connectivity index is 1.73. The molecule has 0 saturated heterocycles. The van der Waals surface area contributed by atoms with Gasteiger partial charge >= 0.3 is 0 Å². The Hall–Kier alpha value is -2.74. The second-order valence-electron chi connectivity index (χ2n) is 8.07. The summed E-state index contributed by atoms with van der Waals surface area (Å²) >= 11 is 0. The van der Waals surface area contributed by atoms with Gasteiger partial charge in [0.05, 0.1) is 5.52 Å². The van der Waals surface area contributed by atoms with Crippen LogP contribution < -0.4 is 0 Å². The van der Waals surface area contributed by atoms with E-state index in [4.69, 9.17) is 4.42 Å². The van der Waals surface area contributed by atoms with Gasteiger partial charge in [0.1, 0.15) is 5.58 Å². The molecular weight excluding hydrogens is 330 g/mol. The van der Waals surface area contributed by atoms with Crippen LogP contribution in [-0.4, -0.2) is 4.57 Å². The molecule has 0 bridgehead atoms. The predicted octanol–water partition coefficient (Wildman–Crippen LogP) is 7.28. The highest BCUT2D eigenvalue weighted by molar-refractivity contribution is 6.21. The average Bonchev–Trinajstić information content (AvgIpc) is 3.25. The molecule has 0 radical (unpaired) electrons. The molecule has 6 rings (SSSR count). The van der Waals surface area contributed by atoms with Crippen LogP contribution in [0.2, 0.25) is 0 Å². The quantitative estimate of drug-likeness (QED) is 0.310. The van der Waals surface area contributed by atoms with Crippen molar-refractivity contribution < 1.29 is 4.42 Å². The fraction of sp³-hybridized carbons (Fsp3) is 0.280. The van der Waals surface area contributed by atoms with Gasteiger partial charge in [0.25, 0.3) is 0 Å². The van der Waals surface area contributed by atoms with Crippen LogP contribution in [-0.2, 0) is 7.05 Å².